The molecule has 0 aliphatic carbocycles. The van der Waals surface area contributed by atoms with Crippen molar-refractivity contribution in [3.8, 4) is 0 Å². The molecule has 0 amide bonds. The molecule has 54 valence electrons. The highest BCUT2D eigenvalue weighted by Gasteiger charge is 1.97. The molecule has 4 N–H and O–H groups in total. The van der Waals surface area contributed by atoms with E-state index < -0.39 is 0 Å². The van der Waals surface area contributed by atoms with Gasteiger partial charge in [-0.15, -0.1) is 0 Å². The highest BCUT2D eigenvalue weighted by Crippen LogP contribution is 2.13. The Balaban J connectivity index is 3.04. The molecule has 1 rings (SSSR count). The lowest BCUT2D eigenvalue weighted by Gasteiger charge is -1.98. The van der Waals surface area contributed by atoms with Gasteiger partial charge >= 0.3 is 0 Å². The summed E-state index contributed by atoms with van der Waals surface area (Å²) in [5.41, 5.74) is 11.2. The summed E-state index contributed by atoms with van der Waals surface area (Å²) in [7, 11) is 0. The first-order valence-electron chi connectivity index (χ1n) is 2.66. The lowest BCUT2D eigenvalue weighted by molar-refractivity contribution is 0.983. The average Bonchev–Trinajstić information content (AvgIpc) is 1.95. The van der Waals surface area contributed by atoms with Gasteiger partial charge in [-0.05, 0) is 6.26 Å². The van der Waals surface area contributed by atoms with Crippen LogP contribution in [0.1, 0.15) is 0 Å². The fourth-order valence-corrected chi connectivity index (χ4v) is 0.833. The first-order chi connectivity index (χ1) is 4.74. The molecule has 0 aromatic carbocycles. The summed E-state index contributed by atoms with van der Waals surface area (Å²) in [6.07, 6.45) is 3.39. The van der Waals surface area contributed by atoms with Crippen molar-refractivity contribution in [2.75, 3.05) is 17.7 Å². The molecule has 0 aliphatic rings. The Morgan fingerprint density at radius 3 is 2.70 bits per heavy atom. The molecule has 0 atom stereocenters. The van der Waals surface area contributed by atoms with Crippen LogP contribution in [0.4, 0.5) is 11.5 Å². The molecule has 0 spiro atoms. The van der Waals surface area contributed by atoms with Gasteiger partial charge in [0.1, 0.15) is 0 Å². The monoisotopic (exact) mass is 156 g/mol. The number of rotatable bonds is 1. The maximum atomic E-state index is 5.41. The molecule has 1 aromatic heterocycles. The molecule has 4 nitrogen and oxygen atoms in total. The minimum Gasteiger partial charge on any atom is -0.394 e. The highest BCUT2D eigenvalue weighted by atomic mass is 32.2. The molecular formula is C5H8N4S. The Morgan fingerprint density at radius 2 is 2.20 bits per heavy atom. The summed E-state index contributed by atoms with van der Waals surface area (Å²) in [6, 6.07) is 0. The Hall–Kier alpha value is -0.970. The third-order valence-electron chi connectivity index (χ3n) is 1.01. The van der Waals surface area contributed by atoms with E-state index in [2.05, 4.69) is 9.97 Å². The van der Waals surface area contributed by atoms with Gasteiger partial charge in [-0.2, -0.15) is 0 Å². The zero-order valence-corrected chi connectivity index (χ0v) is 6.35. The Kier molecular flexibility index (Phi) is 1.96. The van der Waals surface area contributed by atoms with Gasteiger partial charge in [0.25, 0.3) is 0 Å². The van der Waals surface area contributed by atoms with E-state index in [9.17, 15) is 0 Å². The normalized spacial score (nSPS) is 9.70. The summed E-state index contributed by atoms with van der Waals surface area (Å²) >= 11 is 1.43. The standard InChI is InChI=1S/C5H8N4S/c1-10-5-8-2-3(6)4(7)9-5/h2H,6H2,1H3,(H2,7,8,9). The Morgan fingerprint density at radius 1 is 1.50 bits per heavy atom. The third-order valence-corrected chi connectivity index (χ3v) is 1.57. The molecule has 0 fully saturated rings. The van der Waals surface area contributed by atoms with Crippen LogP contribution in [0.5, 0.6) is 0 Å². The average molecular weight is 156 g/mol. The molecule has 1 aromatic rings. The van der Waals surface area contributed by atoms with Crippen LogP contribution in [-0.2, 0) is 0 Å². The number of thioether (sulfide) groups is 1. The lowest BCUT2D eigenvalue weighted by Crippen LogP contribution is -1.99. The van der Waals surface area contributed by atoms with E-state index in [4.69, 9.17) is 11.5 Å². The first kappa shape index (κ1) is 7.14. The Labute approximate surface area is 63.0 Å². The number of hydrogen-bond donors (Lipinski definition) is 2. The van der Waals surface area contributed by atoms with Gasteiger partial charge in [-0.1, -0.05) is 11.8 Å². The van der Waals surface area contributed by atoms with E-state index in [1.165, 1.54) is 18.0 Å². The zero-order valence-electron chi connectivity index (χ0n) is 5.53. The second-order valence-electron chi connectivity index (χ2n) is 1.70. The highest BCUT2D eigenvalue weighted by molar-refractivity contribution is 7.98. The van der Waals surface area contributed by atoms with Gasteiger partial charge in [-0.3, -0.25) is 0 Å². The van der Waals surface area contributed by atoms with Crippen molar-refractivity contribution < 1.29 is 0 Å². The lowest BCUT2D eigenvalue weighted by atomic mass is 10.5. The van der Waals surface area contributed by atoms with E-state index in [1.807, 2.05) is 6.26 Å². The van der Waals surface area contributed by atoms with Crippen LogP contribution in [0.25, 0.3) is 0 Å². The molecule has 0 saturated heterocycles. The fourth-order valence-electron chi connectivity index (χ4n) is 0.486. The van der Waals surface area contributed by atoms with Crippen molar-refractivity contribution in [3.63, 3.8) is 0 Å². The molecule has 0 radical (unpaired) electrons. The molecule has 0 saturated carbocycles. The molecular weight excluding hydrogens is 148 g/mol. The number of nitrogens with zero attached hydrogens (tertiary/aromatic N) is 2. The third kappa shape index (κ3) is 1.30. The summed E-state index contributed by atoms with van der Waals surface area (Å²) in [6.45, 7) is 0. The van der Waals surface area contributed by atoms with Crippen molar-refractivity contribution >= 4 is 23.3 Å². The number of hydrogen-bond acceptors (Lipinski definition) is 5. The predicted molar refractivity (Wildman–Crippen MR) is 42.6 cm³/mol. The summed E-state index contributed by atoms with van der Waals surface area (Å²) in [5.74, 6) is 0.347. The van der Waals surface area contributed by atoms with Crippen molar-refractivity contribution in [3.05, 3.63) is 6.20 Å². The largest absolute Gasteiger partial charge is 0.394 e. The minimum atomic E-state index is 0.347. The smallest absolute Gasteiger partial charge is 0.189 e. The maximum absolute atomic E-state index is 5.41. The summed E-state index contributed by atoms with van der Waals surface area (Å²) in [4.78, 5) is 7.80. The van der Waals surface area contributed by atoms with Gasteiger partial charge < -0.3 is 11.5 Å². The van der Waals surface area contributed by atoms with E-state index in [1.54, 1.807) is 0 Å². The predicted octanol–water partition coefficient (Wildman–Crippen LogP) is 0.363. The van der Waals surface area contributed by atoms with E-state index in [-0.39, 0.29) is 0 Å². The van der Waals surface area contributed by atoms with Gasteiger partial charge in [-0.25, -0.2) is 9.97 Å². The first-order valence-corrected chi connectivity index (χ1v) is 3.88. The van der Waals surface area contributed by atoms with Crippen LogP contribution >= 0.6 is 11.8 Å². The number of nitrogen functional groups attached to an aromatic ring is 2. The van der Waals surface area contributed by atoms with Crippen LogP contribution in [-0.4, -0.2) is 16.2 Å². The number of aromatic nitrogens is 2. The molecule has 1 heterocycles. The van der Waals surface area contributed by atoms with Crippen LogP contribution in [0.15, 0.2) is 11.4 Å². The van der Waals surface area contributed by atoms with Crippen molar-refractivity contribution in [2.45, 2.75) is 5.16 Å². The summed E-state index contributed by atoms with van der Waals surface area (Å²) < 4.78 is 0. The molecule has 5 heteroatoms. The molecule has 10 heavy (non-hydrogen) atoms. The van der Waals surface area contributed by atoms with E-state index in [0.29, 0.717) is 16.7 Å². The van der Waals surface area contributed by atoms with Crippen LogP contribution in [0.3, 0.4) is 0 Å². The van der Waals surface area contributed by atoms with E-state index >= 15 is 0 Å². The van der Waals surface area contributed by atoms with Gasteiger partial charge in [0.15, 0.2) is 11.0 Å². The SMILES string of the molecule is CSc1ncc(N)c(N)n1. The van der Waals surface area contributed by atoms with Gasteiger partial charge in [0.2, 0.25) is 0 Å². The molecule has 0 bridgehead atoms. The van der Waals surface area contributed by atoms with Crippen LogP contribution in [0.2, 0.25) is 0 Å². The molecule has 0 unspecified atom stereocenters. The van der Waals surface area contributed by atoms with Crippen LogP contribution < -0.4 is 11.5 Å². The van der Waals surface area contributed by atoms with Crippen molar-refractivity contribution in [1.82, 2.24) is 9.97 Å². The second-order valence-corrected chi connectivity index (χ2v) is 2.47. The van der Waals surface area contributed by atoms with E-state index in [0.717, 1.165) is 0 Å². The minimum absolute atomic E-state index is 0.347. The topological polar surface area (TPSA) is 77.8 Å². The second kappa shape index (κ2) is 2.74. The quantitative estimate of drug-likeness (QED) is 0.453. The van der Waals surface area contributed by atoms with Crippen molar-refractivity contribution in [1.29, 1.82) is 0 Å². The summed E-state index contributed by atoms with van der Waals surface area (Å²) in [5, 5.41) is 0.645. The van der Waals surface area contributed by atoms with Crippen LogP contribution in [0, 0.1) is 0 Å². The number of nitrogens with two attached hydrogens (primary N) is 2. The zero-order chi connectivity index (χ0) is 7.56. The van der Waals surface area contributed by atoms with Gasteiger partial charge in [0, 0.05) is 0 Å². The van der Waals surface area contributed by atoms with Crippen molar-refractivity contribution in [2.24, 2.45) is 0 Å². The van der Waals surface area contributed by atoms with Gasteiger partial charge in [0.05, 0.1) is 11.9 Å². The number of anilines is 2. The molecule has 0 aliphatic heterocycles. The Bertz CT molecular complexity index is 237. The fraction of sp³-hybridized carbons (Fsp3) is 0.200. The maximum Gasteiger partial charge on any atom is 0.189 e.